The Bertz CT molecular complexity index is 574. The summed E-state index contributed by atoms with van der Waals surface area (Å²) in [7, 11) is 0. The van der Waals surface area contributed by atoms with Crippen LogP contribution in [0.25, 0.3) is 10.9 Å². The van der Waals surface area contributed by atoms with Crippen molar-refractivity contribution < 1.29 is 0 Å². The van der Waals surface area contributed by atoms with Crippen LogP contribution >= 0.6 is 0 Å². The summed E-state index contributed by atoms with van der Waals surface area (Å²) in [5.41, 5.74) is 0.799. The fourth-order valence-corrected chi connectivity index (χ4v) is 2.09. The number of pyridine rings is 1. The Kier molecular flexibility index (Phi) is 1.80. The second-order valence-electron chi connectivity index (χ2n) is 3.83. The minimum atomic E-state index is 0.0806. The first kappa shape index (κ1) is 8.59. The van der Waals surface area contributed by atoms with Gasteiger partial charge in [0.15, 0.2) is 0 Å². The largest absolute Gasteiger partial charge is 0.296 e. The highest BCUT2D eigenvalue weighted by Gasteiger charge is 2.13. The van der Waals surface area contributed by atoms with Gasteiger partial charge in [0, 0.05) is 19.2 Å². The van der Waals surface area contributed by atoms with E-state index in [9.17, 15) is 4.79 Å². The molecule has 3 rings (SSSR count). The van der Waals surface area contributed by atoms with Gasteiger partial charge in [-0.1, -0.05) is 0 Å². The van der Waals surface area contributed by atoms with Crippen LogP contribution in [0.15, 0.2) is 23.3 Å². The SMILES string of the molecule is O=c1c2ccncc2nc2n1CCCC2. The van der Waals surface area contributed by atoms with Crippen molar-refractivity contribution in [2.24, 2.45) is 0 Å². The maximum atomic E-state index is 12.1. The average molecular weight is 201 g/mol. The molecule has 0 fully saturated rings. The zero-order valence-electron chi connectivity index (χ0n) is 8.31. The monoisotopic (exact) mass is 201 g/mol. The summed E-state index contributed by atoms with van der Waals surface area (Å²) in [6.45, 7) is 0.805. The van der Waals surface area contributed by atoms with Gasteiger partial charge in [0.25, 0.3) is 5.56 Å². The standard InChI is InChI=1S/C11H11N3O/c15-11-8-4-5-12-7-9(8)13-10-3-1-2-6-14(10)11/h4-5,7H,1-3,6H2. The molecule has 0 spiro atoms. The highest BCUT2D eigenvalue weighted by atomic mass is 16.1. The number of hydrogen-bond donors (Lipinski definition) is 0. The van der Waals surface area contributed by atoms with E-state index in [1.54, 1.807) is 23.0 Å². The average Bonchev–Trinajstić information content (AvgIpc) is 2.30. The fraction of sp³-hybridized carbons (Fsp3) is 0.364. The molecule has 0 bridgehead atoms. The molecule has 2 aromatic heterocycles. The number of hydrogen-bond acceptors (Lipinski definition) is 3. The second-order valence-corrected chi connectivity index (χ2v) is 3.83. The molecule has 0 unspecified atom stereocenters. The molecule has 0 saturated carbocycles. The molecular weight excluding hydrogens is 190 g/mol. The van der Waals surface area contributed by atoms with Crippen LogP contribution in [0.1, 0.15) is 18.7 Å². The van der Waals surface area contributed by atoms with E-state index in [2.05, 4.69) is 9.97 Å². The molecule has 0 radical (unpaired) electrons. The molecule has 4 nitrogen and oxygen atoms in total. The summed E-state index contributed by atoms with van der Waals surface area (Å²) in [5, 5.41) is 0.677. The third-order valence-corrected chi connectivity index (χ3v) is 2.87. The van der Waals surface area contributed by atoms with Crippen molar-refractivity contribution in [2.75, 3.05) is 0 Å². The Morgan fingerprint density at radius 1 is 1.33 bits per heavy atom. The van der Waals surface area contributed by atoms with Gasteiger partial charge in [-0.3, -0.25) is 14.3 Å². The van der Waals surface area contributed by atoms with Gasteiger partial charge < -0.3 is 0 Å². The molecule has 1 aliphatic rings. The topological polar surface area (TPSA) is 47.8 Å². The van der Waals surface area contributed by atoms with Crippen molar-refractivity contribution in [3.63, 3.8) is 0 Å². The van der Waals surface area contributed by atoms with Crippen LogP contribution in [0.5, 0.6) is 0 Å². The summed E-state index contributed by atoms with van der Waals surface area (Å²) in [6.07, 6.45) is 6.40. The van der Waals surface area contributed by atoms with Crippen molar-refractivity contribution in [2.45, 2.75) is 25.8 Å². The van der Waals surface area contributed by atoms with Crippen molar-refractivity contribution >= 4 is 10.9 Å². The van der Waals surface area contributed by atoms with E-state index in [4.69, 9.17) is 0 Å². The van der Waals surface area contributed by atoms with Crippen LogP contribution < -0.4 is 5.56 Å². The molecule has 15 heavy (non-hydrogen) atoms. The van der Waals surface area contributed by atoms with Crippen LogP contribution in [0.2, 0.25) is 0 Å². The van der Waals surface area contributed by atoms with Crippen LogP contribution in [-0.2, 0) is 13.0 Å². The quantitative estimate of drug-likeness (QED) is 0.642. The molecule has 1 aliphatic heterocycles. The third-order valence-electron chi connectivity index (χ3n) is 2.87. The lowest BCUT2D eigenvalue weighted by Gasteiger charge is -2.17. The van der Waals surface area contributed by atoms with Crippen molar-refractivity contribution in [3.05, 3.63) is 34.6 Å². The molecule has 0 aromatic carbocycles. The summed E-state index contributed by atoms with van der Waals surface area (Å²) in [6, 6.07) is 1.74. The van der Waals surface area contributed by atoms with Crippen LogP contribution in [-0.4, -0.2) is 14.5 Å². The predicted octanol–water partition coefficient (Wildman–Crippen LogP) is 1.13. The summed E-state index contributed by atoms with van der Waals surface area (Å²) in [4.78, 5) is 20.5. The van der Waals surface area contributed by atoms with Gasteiger partial charge in [0.2, 0.25) is 0 Å². The van der Waals surface area contributed by atoms with Gasteiger partial charge >= 0.3 is 0 Å². The van der Waals surface area contributed by atoms with Crippen molar-refractivity contribution in [1.29, 1.82) is 0 Å². The third kappa shape index (κ3) is 1.25. The Morgan fingerprint density at radius 2 is 2.27 bits per heavy atom. The molecule has 4 heteroatoms. The van der Waals surface area contributed by atoms with Crippen LogP contribution in [0, 0.1) is 0 Å². The minimum Gasteiger partial charge on any atom is -0.296 e. The van der Waals surface area contributed by atoms with Gasteiger partial charge in [-0.15, -0.1) is 0 Å². The van der Waals surface area contributed by atoms with E-state index >= 15 is 0 Å². The number of fused-ring (bicyclic) bond motifs is 2. The van der Waals surface area contributed by atoms with Gasteiger partial charge in [-0.2, -0.15) is 0 Å². The van der Waals surface area contributed by atoms with E-state index in [0.717, 1.165) is 37.1 Å². The van der Waals surface area contributed by atoms with Crippen LogP contribution in [0.4, 0.5) is 0 Å². The lowest BCUT2D eigenvalue weighted by atomic mass is 10.1. The zero-order chi connectivity index (χ0) is 10.3. The smallest absolute Gasteiger partial charge is 0.261 e. The Labute approximate surface area is 86.6 Å². The number of nitrogens with zero attached hydrogens (tertiary/aromatic N) is 3. The van der Waals surface area contributed by atoms with E-state index < -0.39 is 0 Å². The highest BCUT2D eigenvalue weighted by molar-refractivity contribution is 5.76. The molecular formula is C11H11N3O. The Balaban J connectivity index is 2.41. The van der Waals surface area contributed by atoms with E-state index in [1.165, 1.54) is 0 Å². The summed E-state index contributed by atoms with van der Waals surface area (Å²) >= 11 is 0. The lowest BCUT2D eigenvalue weighted by molar-refractivity contribution is 0.501. The number of rotatable bonds is 0. The van der Waals surface area contributed by atoms with Gasteiger partial charge in [-0.25, -0.2) is 4.98 Å². The summed E-state index contributed by atoms with van der Waals surface area (Å²) < 4.78 is 1.80. The first-order valence-electron chi connectivity index (χ1n) is 5.20. The molecule has 0 N–H and O–H groups in total. The van der Waals surface area contributed by atoms with E-state index in [-0.39, 0.29) is 5.56 Å². The van der Waals surface area contributed by atoms with E-state index in [1.807, 2.05) is 0 Å². The van der Waals surface area contributed by atoms with Crippen molar-refractivity contribution in [1.82, 2.24) is 14.5 Å². The highest BCUT2D eigenvalue weighted by Crippen LogP contribution is 2.13. The molecule has 2 aromatic rings. The Morgan fingerprint density at radius 3 is 3.20 bits per heavy atom. The normalized spacial score (nSPS) is 15.2. The molecule has 76 valence electrons. The maximum Gasteiger partial charge on any atom is 0.261 e. The molecule has 0 amide bonds. The first-order chi connectivity index (χ1) is 7.36. The molecule has 3 heterocycles. The molecule has 0 saturated heterocycles. The molecule has 0 atom stereocenters. The summed E-state index contributed by atoms with van der Waals surface area (Å²) in [5.74, 6) is 0.909. The number of aromatic nitrogens is 3. The van der Waals surface area contributed by atoms with Crippen molar-refractivity contribution in [3.8, 4) is 0 Å². The fourth-order valence-electron chi connectivity index (χ4n) is 2.09. The lowest BCUT2D eigenvalue weighted by Crippen LogP contribution is -2.28. The predicted molar refractivity (Wildman–Crippen MR) is 56.7 cm³/mol. The van der Waals surface area contributed by atoms with Gasteiger partial charge in [0.1, 0.15) is 5.82 Å². The maximum absolute atomic E-state index is 12.1. The van der Waals surface area contributed by atoms with E-state index in [0.29, 0.717) is 5.39 Å². The molecule has 0 aliphatic carbocycles. The minimum absolute atomic E-state index is 0.0806. The first-order valence-corrected chi connectivity index (χ1v) is 5.20. The van der Waals surface area contributed by atoms with Gasteiger partial charge in [-0.05, 0) is 18.9 Å². The van der Waals surface area contributed by atoms with Crippen LogP contribution in [0.3, 0.4) is 0 Å². The Hall–Kier alpha value is -1.71. The second kappa shape index (κ2) is 3.15. The zero-order valence-corrected chi connectivity index (χ0v) is 8.31. The van der Waals surface area contributed by atoms with Gasteiger partial charge in [0.05, 0.1) is 17.1 Å². The number of aryl methyl sites for hydroxylation is 1.